The maximum absolute atomic E-state index is 11.3. The maximum atomic E-state index is 11.3. The average molecular weight is 221 g/mol. The van der Waals surface area contributed by atoms with Gasteiger partial charge in [-0.25, -0.2) is 4.98 Å². The van der Waals surface area contributed by atoms with Gasteiger partial charge in [-0.05, 0) is 25.0 Å². The van der Waals surface area contributed by atoms with Gasteiger partial charge in [0.05, 0.1) is 13.0 Å². The highest BCUT2D eigenvalue weighted by Crippen LogP contribution is 2.19. The molecule has 5 nitrogen and oxygen atoms in total. The summed E-state index contributed by atoms with van der Waals surface area (Å²) in [4.78, 5) is 15.2. The Bertz CT molecular complexity index is 377. The second kappa shape index (κ2) is 4.83. The van der Waals surface area contributed by atoms with E-state index < -0.39 is 0 Å². The van der Waals surface area contributed by atoms with Crippen molar-refractivity contribution in [1.29, 1.82) is 0 Å². The molecule has 3 N–H and O–H groups in total. The summed E-state index contributed by atoms with van der Waals surface area (Å²) >= 11 is 0. The highest BCUT2D eigenvalue weighted by atomic mass is 16.5. The molecule has 1 amide bonds. The van der Waals surface area contributed by atoms with Gasteiger partial charge in [-0.3, -0.25) is 4.79 Å². The second-order valence-corrected chi connectivity index (χ2v) is 3.83. The van der Waals surface area contributed by atoms with Crippen LogP contribution in [-0.2, 0) is 4.79 Å². The topological polar surface area (TPSA) is 77.2 Å². The van der Waals surface area contributed by atoms with E-state index in [9.17, 15) is 4.79 Å². The van der Waals surface area contributed by atoms with Crippen LogP contribution < -0.4 is 15.8 Å². The lowest BCUT2D eigenvalue weighted by Crippen LogP contribution is -2.26. The normalized spacial score (nSPS) is 14.5. The zero-order valence-corrected chi connectivity index (χ0v) is 8.98. The third-order valence-corrected chi connectivity index (χ3v) is 2.33. The van der Waals surface area contributed by atoms with Gasteiger partial charge >= 0.3 is 0 Å². The SMILES string of the molecule is Nc1ncccc1OCCC(=O)NC1CC1. The van der Waals surface area contributed by atoms with Crippen LogP contribution in [0.5, 0.6) is 5.75 Å². The molecule has 0 radical (unpaired) electrons. The fourth-order valence-electron chi connectivity index (χ4n) is 1.31. The Labute approximate surface area is 94.0 Å². The van der Waals surface area contributed by atoms with Gasteiger partial charge in [0.15, 0.2) is 11.6 Å². The molecule has 0 spiro atoms. The van der Waals surface area contributed by atoms with Crippen molar-refractivity contribution in [3.8, 4) is 5.75 Å². The molecule has 1 heterocycles. The van der Waals surface area contributed by atoms with Gasteiger partial charge < -0.3 is 15.8 Å². The van der Waals surface area contributed by atoms with E-state index in [1.807, 2.05) is 0 Å². The Kier molecular flexibility index (Phi) is 3.24. The van der Waals surface area contributed by atoms with Crippen LogP contribution in [0.3, 0.4) is 0 Å². The first kappa shape index (κ1) is 10.7. The molecule has 1 aliphatic rings. The number of anilines is 1. The standard InChI is InChI=1S/C11H15N3O2/c12-11-9(2-1-6-13-11)16-7-5-10(15)14-8-3-4-8/h1-2,6,8H,3-5,7H2,(H2,12,13)(H,14,15). The zero-order valence-electron chi connectivity index (χ0n) is 8.98. The number of carbonyl (C=O) groups is 1. The predicted molar refractivity (Wildman–Crippen MR) is 59.9 cm³/mol. The second-order valence-electron chi connectivity index (χ2n) is 3.83. The number of pyridine rings is 1. The molecule has 1 aliphatic carbocycles. The number of nitrogens with zero attached hydrogens (tertiary/aromatic N) is 1. The molecule has 1 fully saturated rings. The number of carbonyl (C=O) groups excluding carboxylic acids is 1. The van der Waals surface area contributed by atoms with E-state index in [-0.39, 0.29) is 5.91 Å². The molecule has 0 aromatic carbocycles. The van der Waals surface area contributed by atoms with E-state index in [0.717, 1.165) is 12.8 Å². The molecular formula is C11H15N3O2. The fourth-order valence-corrected chi connectivity index (χ4v) is 1.31. The molecule has 0 atom stereocenters. The van der Waals surface area contributed by atoms with E-state index >= 15 is 0 Å². The highest BCUT2D eigenvalue weighted by molar-refractivity contribution is 5.76. The molecule has 5 heteroatoms. The average Bonchev–Trinajstić information content (AvgIpc) is 3.05. The zero-order chi connectivity index (χ0) is 11.4. The molecular weight excluding hydrogens is 206 g/mol. The Balaban J connectivity index is 1.70. The number of aromatic nitrogens is 1. The summed E-state index contributed by atoms with van der Waals surface area (Å²) in [6.07, 6.45) is 4.15. The predicted octanol–water partition coefficient (Wildman–Crippen LogP) is 0.711. The highest BCUT2D eigenvalue weighted by Gasteiger charge is 2.22. The van der Waals surface area contributed by atoms with Crippen molar-refractivity contribution in [2.45, 2.75) is 25.3 Å². The molecule has 0 bridgehead atoms. The van der Waals surface area contributed by atoms with Gasteiger partial charge in [0.25, 0.3) is 0 Å². The van der Waals surface area contributed by atoms with Gasteiger partial charge in [-0.2, -0.15) is 0 Å². The number of amides is 1. The number of ether oxygens (including phenoxy) is 1. The summed E-state index contributed by atoms with van der Waals surface area (Å²) in [5.74, 6) is 0.914. The lowest BCUT2D eigenvalue weighted by atomic mass is 10.4. The first-order chi connectivity index (χ1) is 7.75. The number of nitrogens with one attached hydrogen (secondary N) is 1. The summed E-state index contributed by atoms with van der Waals surface area (Å²) in [6.45, 7) is 0.328. The molecule has 86 valence electrons. The molecule has 0 saturated heterocycles. The molecule has 1 aromatic rings. The van der Waals surface area contributed by atoms with Crippen LogP contribution in [0.2, 0.25) is 0 Å². The van der Waals surface area contributed by atoms with Crippen molar-refractivity contribution in [1.82, 2.24) is 10.3 Å². The summed E-state index contributed by atoms with van der Waals surface area (Å²) in [5.41, 5.74) is 5.59. The van der Waals surface area contributed by atoms with E-state index in [2.05, 4.69) is 10.3 Å². The minimum Gasteiger partial charge on any atom is -0.489 e. The van der Waals surface area contributed by atoms with Crippen molar-refractivity contribution >= 4 is 11.7 Å². The van der Waals surface area contributed by atoms with Crippen LogP contribution in [0, 0.1) is 0 Å². The molecule has 1 saturated carbocycles. The van der Waals surface area contributed by atoms with Crippen molar-refractivity contribution in [3.63, 3.8) is 0 Å². The van der Waals surface area contributed by atoms with E-state index in [1.54, 1.807) is 18.3 Å². The molecule has 1 aromatic heterocycles. The van der Waals surface area contributed by atoms with Crippen molar-refractivity contribution in [2.24, 2.45) is 0 Å². The summed E-state index contributed by atoms with van der Waals surface area (Å²) in [5, 5.41) is 2.89. The molecule has 16 heavy (non-hydrogen) atoms. The van der Waals surface area contributed by atoms with E-state index in [4.69, 9.17) is 10.5 Å². The van der Waals surface area contributed by atoms with Crippen LogP contribution in [0.15, 0.2) is 18.3 Å². The van der Waals surface area contributed by atoms with E-state index in [0.29, 0.717) is 30.6 Å². The van der Waals surface area contributed by atoms with Crippen molar-refractivity contribution in [2.75, 3.05) is 12.3 Å². The van der Waals surface area contributed by atoms with Crippen LogP contribution in [0.4, 0.5) is 5.82 Å². The quantitative estimate of drug-likeness (QED) is 0.767. The lowest BCUT2D eigenvalue weighted by Gasteiger charge is -2.07. The summed E-state index contributed by atoms with van der Waals surface area (Å²) < 4.78 is 5.36. The van der Waals surface area contributed by atoms with Gasteiger partial charge in [0.1, 0.15) is 0 Å². The first-order valence-electron chi connectivity index (χ1n) is 5.38. The first-order valence-corrected chi connectivity index (χ1v) is 5.38. The third kappa shape index (κ3) is 3.12. The van der Waals surface area contributed by atoms with Gasteiger partial charge in [-0.1, -0.05) is 0 Å². The summed E-state index contributed by atoms with van der Waals surface area (Å²) in [6, 6.07) is 3.88. The van der Waals surface area contributed by atoms with Gasteiger partial charge in [0, 0.05) is 12.2 Å². The van der Waals surface area contributed by atoms with Crippen molar-refractivity contribution in [3.05, 3.63) is 18.3 Å². The molecule has 0 aliphatic heterocycles. The maximum Gasteiger partial charge on any atom is 0.223 e. The number of nitrogens with two attached hydrogens (primary N) is 1. The van der Waals surface area contributed by atoms with Crippen LogP contribution in [0.1, 0.15) is 19.3 Å². The number of nitrogen functional groups attached to an aromatic ring is 1. The third-order valence-electron chi connectivity index (χ3n) is 2.33. The lowest BCUT2D eigenvalue weighted by molar-refractivity contribution is -0.121. The Morgan fingerprint density at radius 1 is 1.62 bits per heavy atom. The fraction of sp³-hybridized carbons (Fsp3) is 0.455. The van der Waals surface area contributed by atoms with Crippen LogP contribution >= 0.6 is 0 Å². The monoisotopic (exact) mass is 221 g/mol. The number of hydrogen-bond acceptors (Lipinski definition) is 4. The summed E-state index contributed by atoms with van der Waals surface area (Å²) in [7, 11) is 0. The number of rotatable bonds is 5. The Morgan fingerprint density at radius 3 is 3.12 bits per heavy atom. The Hall–Kier alpha value is -1.78. The van der Waals surface area contributed by atoms with E-state index in [1.165, 1.54) is 0 Å². The minimum absolute atomic E-state index is 0.0324. The van der Waals surface area contributed by atoms with Gasteiger partial charge in [0.2, 0.25) is 5.91 Å². The van der Waals surface area contributed by atoms with Gasteiger partial charge in [-0.15, -0.1) is 0 Å². The van der Waals surface area contributed by atoms with Crippen LogP contribution in [0.25, 0.3) is 0 Å². The molecule has 2 rings (SSSR count). The smallest absolute Gasteiger partial charge is 0.223 e. The molecule has 0 unspecified atom stereocenters. The van der Waals surface area contributed by atoms with Crippen molar-refractivity contribution < 1.29 is 9.53 Å². The van der Waals surface area contributed by atoms with Crippen LogP contribution in [-0.4, -0.2) is 23.5 Å². The Morgan fingerprint density at radius 2 is 2.44 bits per heavy atom. The largest absolute Gasteiger partial charge is 0.489 e. The number of hydrogen-bond donors (Lipinski definition) is 2. The minimum atomic E-state index is 0.0324.